The first-order chi connectivity index (χ1) is 8.25. The Morgan fingerprint density at radius 3 is 2.59 bits per heavy atom. The lowest BCUT2D eigenvalue weighted by molar-refractivity contribution is 0.676. The molecule has 0 unspecified atom stereocenters. The Kier molecular flexibility index (Phi) is 4.65. The molecule has 0 saturated carbocycles. The third-order valence-corrected chi connectivity index (χ3v) is 3.38. The average Bonchev–Trinajstić information content (AvgIpc) is 2.33. The number of aromatic nitrogens is 2. The van der Waals surface area contributed by atoms with Crippen LogP contribution >= 0.6 is 31.9 Å². The van der Waals surface area contributed by atoms with Crippen molar-refractivity contribution in [2.24, 2.45) is 0 Å². The highest BCUT2D eigenvalue weighted by atomic mass is 79.9. The lowest BCUT2D eigenvalue weighted by atomic mass is 10.2. The first kappa shape index (κ1) is 12.7. The van der Waals surface area contributed by atoms with Crippen molar-refractivity contribution in [3.8, 4) is 0 Å². The summed E-state index contributed by atoms with van der Waals surface area (Å²) < 4.78 is 1.98. The third-order valence-electron chi connectivity index (χ3n) is 2.25. The van der Waals surface area contributed by atoms with Gasteiger partial charge in [0.1, 0.15) is 0 Å². The lowest BCUT2D eigenvalue weighted by Crippen LogP contribution is -2.14. The van der Waals surface area contributed by atoms with Crippen LogP contribution in [0.3, 0.4) is 0 Å². The van der Waals surface area contributed by atoms with Gasteiger partial charge >= 0.3 is 0 Å². The molecule has 0 saturated heterocycles. The van der Waals surface area contributed by atoms with Crippen LogP contribution in [0.2, 0.25) is 0 Å². The molecule has 2 aromatic rings. The number of pyridine rings is 2. The van der Waals surface area contributed by atoms with Crippen LogP contribution < -0.4 is 5.32 Å². The van der Waals surface area contributed by atoms with Crippen LogP contribution in [0, 0.1) is 0 Å². The zero-order valence-corrected chi connectivity index (χ0v) is 12.2. The van der Waals surface area contributed by atoms with Gasteiger partial charge in [-0.3, -0.25) is 9.97 Å². The molecule has 17 heavy (non-hydrogen) atoms. The van der Waals surface area contributed by atoms with Gasteiger partial charge in [0.05, 0.1) is 5.69 Å². The van der Waals surface area contributed by atoms with E-state index >= 15 is 0 Å². The fraction of sp³-hybridized carbons (Fsp3) is 0.167. The van der Waals surface area contributed by atoms with Gasteiger partial charge in [-0.25, -0.2) is 0 Å². The van der Waals surface area contributed by atoms with E-state index in [4.69, 9.17) is 0 Å². The molecule has 0 aliphatic rings. The number of hydrogen-bond acceptors (Lipinski definition) is 3. The largest absolute Gasteiger partial charge is 0.307 e. The number of nitrogens with one attached hydrogen (secondary N) is 1. The van der Waals surface area contributed by atoms with Crippen molar-refractivity contribution in [1.29, 1.82) is 0 Å². The Labute approximate surface area is 117 Å². The number of rotatable bonds is 4. The Morgan fingerprint density at radius 1 is 1.12 bits per heavy atom. The Balaban J connectivity index is 1.90. The van der Waals surface area contributed by atoms with Gasteiger partial charge in [-0.05, 0) is 55.6 Å². The van der Waals surface area contributed by atoms with E-state index in [1.54, 1.807) is 18.6 Å². The van der Waals surface area contributed by atoms with Gasteiger partial charge in [-0.1, -0.05) is 0 Å². The van der Waals surface area contributed by atoms with Crippen molar-refractivity contribution >= 4 is 31.9 Å². The monoisotopic (exact) mass is 355 g/mol. The molecule has 5 heteroatoms. The van der Waals surface area contributed by atoms with Crippen molar-refractivity contribution in [3.63, 3.8) is 0 Å². The molecule has 0 bridgehead atoms. The summed E-state index contributed by atoms with van der Waals surface area (Å²) in [5.41, 5.74) is 2.22. The molecule has 3 nitrogen and oxygen atoms in total. The Morgan fingerprint density at radius 2 is 1.88 bits per heavy atom. The van der Waals surface area contributed by atoms with Crippen molar-refractivity contribution in [2.45, 2.75) is 13.1 Å². The molecule has 0 amide bonds. The summed E-state index contributed by atoms with van der Waals surface area (Å²) in [5, 5.41) is 3.34. The first-order valence-electron chi connectivity index (χ1n) is 5.15. The zero-order chi connectivity index (χ0) is 12.1. The molecule has 0 atom stereocenters. The van der Waals surface area contributed by atoms with Crippen LogP contribution in [0.1, 0.15) is 11.3 Å². The fourth-order valence-corrected chi connectivity index (χ4v) is 2.53. The molecule has 0 aliphatic heterocycles. The third kappa shape index (κ3) is 3.87. The molecule has 2 heterocycles. The van der Waals surface area contributed by atoms with Crippen LogP contribution in [-0.4, -0.2) is 9.97 Å². The highest BCUT2D eigenvalue weighted by Crippen LogP contribution is 2.19. The minimum atomic E-state index is 0.732. The number of hydrogen-bond donors (Lipinski definition) is 1. The van der Waals surface area contributed by atoms with Crippen LogP contribution in [0.25, 0.3) is 0 Å². The fourth-order valence-electron chi connectivity index (χ4n) is 1.40. The lowest BCUT2D eigenvalue weighted by Gasteiger charge is -2.06. The van der Waals surface area contributed by atoms with E-state index in [2.05, 4.69) is 47.1 Å². The Bertz CT molecular complexity index is 488. The van der Waals surface area contributed by atoms with Crippen molar-refractivity contribution in [2.75, 3.05) is 0 Å². The minimum Gasteiger partial charge on any atom is -0.307 e. The molecule has 2 rings (SSSR count). The molecule has 0 aliphatic carbocycles. The Hall–Kier alpha value is -0.780. The predicted octanol–water partition coefficient (Wildman–Crippen LogP) is 3.29. The van der Waals surface area contributed by atoms with E-state index in [0.29, 0.717) is 0 Å². The SMILES string of the molecule is Brc1cnc(CNCc2ccncc2)c(Br)c1. The molecule has 0 radical (unpaired) electrons. The maximum Gasteiger partial charge on any atom is 0.0684 e. The summed E-state index contributed by atoms with van der Waals surface area (Å²) in [6, 6.07) is 5.99. The van der Waals surface area contributed by atoms with E-state index in [1.807, 2.05) is 18.2 Å². The maximum absolute atomic E-state index is 4.34. The van der Waals surface area contributed by atoms with Crippen molar-refractivity contribution in [3.05, 3.63) is 57.0 Å². The second-order valence-electron chi connectivity index (χ2n) is 3.54. The van der Waals surface area contributed by atoms with E-state index in [1.165, 1.54) is 5.56 Å². The van der Waals surface area contributed by atoms with Crippen molar-refractivity contribution < 1.29 is 0 Å². The van der Waals surface area contributed by atoms with E-state index in [9.17, 15) is 0 Å². The molecule has 2 aromatic heterocycles. The quantitative estimate of drug-likeness (QED) is 0.913. The highest BCUT2D eigenvalue weighted by molar-refractivity contribution is 9.11. The molecule has 88 valence electrons. The summed E-state index contributed by atoms with van der Waals surface area (Å²) in [5.74, 6) is 0. The van der Waals surface area contributed by atoms with Gasteiger partial charge in [0.15, 0.2) is 0 Å². The van der Waals surface area contributed by atoms with E-state index in [0.717, 1.165) is 27.7 Å². The normalized spacial score (nSPS) is 10.5. The van der Waals surface area contributed by atoms with Gasteiger partial charge in [0, 0.05) is 40.6 Å². The first-order valence-corrected chi connectivity index (χ1v) is 6.74. The molecule has 1 N–H and O–H groups in total. The summed E-state index contributed by atoms with van der Waals surface area (Å²) in [4.78, 5) is 8.32. The second-order valence-corrected chi connectivity index (χ2v) is 5.31. The number of halogens is 2. The molecular weight excluding hydrogens is 346 g/mol. The van der Waals surface area contributed by atoms with E-state index in [-0.39, 0.29) is 0 Å². The van der Waals surface area contributed by atoms with Gasteiger partial charge < -0.3 is 5.32 Å². The molecule has 0 aromatic carbocycles. The molecular formula is C12H11Br2N3. The summed E-state index contributed by atoms with van der Waals surface area (Å²) in [6.45, 7) is 1.54. The minimum absolute atomic E-state index is 0.732. The number of nitrogens with zero attached hydrogens (tertiary/aromatic N) is 2. The zero-order valence-electron chi connectivity index (χ0n) is 9.03. The van der Waals surface area contributed by atoms with Gasteiger partial charge in [-0.2, -0.15) is 0 Å². The maximum atomic E-state index is 4.34. The van der Waals surface area contributed by atoms with Gasteiger partial charge in [-0.15, -0.1) is 0 Å². The van der Waals surface area contributed by atoms with Gasteiger partial charge in [0.2, 0.25) is 0 Å². The highest BCUT2D eigenvalue weighted by Gasteiger charge is 2.01. The topological polar surface area (TPSA) is 37.8 Å². The predicted molar refractivity (Wildman–Crippen MR) is 74.4 cm³/mol. The van der Waals surface area contributed by atoms with Crippen LogP contribution in [-0.2, 0) is 13.1 Å². The van der Waals surface area contributed by atoms with Crippen LogP contribution in [0.5, 0.6) is 0 Å². The smallest absolute Gasteiger partial charge is 0.0684 e. The second kappa shape index (κ2) is 6.23. The summed E-state index contributed by atoms with van der Waals surface area (Å²) in [6.07, 6.45) is 5.39. The standard InChI is InChI=1S/C12H11Br2N3/c13-10-5-11(14)12(17-7-10)8-16-6-9-1-3-15-4-2-9/h1-5,7,16H,6,8H2. The summed E-state index contributed by atoms with van der Waals surface area (Å²) >= 11 is 6.87. The van der Waals surface area contributed by atoms with E-state index < -0.39 is 0 Å². The average molecular weight is 357 g/mol. The van der Waals surface area contributed by atoms with Gasteiger partial charge in [0.25, 0.3) is 0 Å². The van der Waals surface area contributed by atoms with Crippen LogP contribution in [0.4, 0.5) is 0 Å². The molecule has 0 spiro atoms. The molecule has 0 fully saturated rings. The van der Waals surface area contributed by atoms with Crippen molar-refractivity contribution in [1.82, 2.24) is 15.3 Å². The summed E-state index contributed by atoms with van der Waals surface area (Å²) in [7, 11) is 0. The van der Waals surface area contributed by atoms with Crippen LogP contribution in [0.15, 0.2) is 45.7 Å².